The monoisotopic (exact) mass is 496 g/mol. The number of fused-ring (bicyclic) bond motifs is 1. The molecule has 2 aliphatic heterocycles. The Hall–Kier alpha value is -3.62. The van der Waals surface area contributed by atoms with E-state index >= 15 is 0 Å². The van der Waals surface area contributed by atoms with Gasteiger partial charge in [-0.15, -0.1) is 0 Å². The average Bonchev–Trinajstić information content (AvgIpc) is 2.88. The molecule has 1 saturated heterocycles. The molecule has 3 heterocycles. The van der Waals surface area contributed by atoms with E-state index in [9.17, 15) is 18.0 Å². The molecule has 1 fully saturated rings. The second kappa shape index (κ2) is 9.79. The summed E-state index contributed by atoms with van der Waals surface area (Å²) in [5, 5.41) is 0. The zero-order valence-corrected chi connectivity index (χ0v) is 20.0. The number of benzene rings is 2. The zero-order valence-electron chi connectivity index (χ0n) is 20.0. The first-order valence-corrected chi connectivity index (χ1v) is 12.1. The van der Waals surface area contributed by atoms with Gasteiger partial charge in [-0.05, 0) is 49.1 Å². The Labute approximate surface area is 207 Å². The number of anilines is 1. The number of carbonyl (C=O) groups excluding carboxylic acids is 1. The lowest BCUT2D eigenvalue weighted by Gasteiger charge is -2.33. The molecule has 9 heteroatoms. The molecule has 0 spiro atoms. The SMILES string of the molecule is CC1CCN(c2nc3c(c(Oc4ccccc4)n2)CN(C(=O)c2cccc(C(F)(F)F)c2)CC3)CC1. The number of alkyl halides is 3. The molecule has 36 heavy (non-hydrogen) atoms. The summed E-state index contributed by atoms with van der Waals surface area (Å²) in [6, 6.07) is 13.8. The van der Waals surface area contributed by atoms with Gasteiger partial charge in [-0.1, -0.05) is 31.2 Å². The minimum absolute atomic E-state index is 0.00113. The van der Waals surface area contributed by atoms with Crippen molar-refractivity contribution in [3.63, 3.8) is 0 Å². The highest BCUT2D eigenvalue weighted by Gasteiger charge is 2.33. The van der Waals surface area contributed by atoms with Crippen LogP contribution < -0.4 is 9.64 Å². The standard InChI is InChI=1S/C27H27F3N4O2/c1-18-10-13-33(14-11-18)26-31-23-12-15-34(25(35)19-6-5-7-20(16-19)27(28,29)30)17-22(23)24(32-26)36-21-8-3-2-4-9-21/h2-9,16,18H,10-15,17H2,1H3. The Kier molecular flexibility index (Phi) is 6.55. The molecule has 0 aliphatic carbocycles. The fourth-order valence-corrected chi connectivity index (χ4v) is 4.59. The number of halogens is 3. The molecule has 0 N–H and O–H groups in total. The molecular weight excluding hydrogens is 469 g/mol. The van der Waals surface area contributed by atoms with Crippen molar-refractivity contribution in [3.8, 4) is 11.6 Å². The third kappa shape index (κ3) is 5.15. The second-order valence-electron chi connectivity index (χ2n) is 9.39. The van der Waals surface area contributed by atoms with Crippen LogP contribution in [0.5, 0.6) is 11.6 Å². The maximum Gasteiger partial charge on any atom is 0.416 e. The van der Waals surface area contributed by atoms with Crippen molar-refractivity contribution in [2.75, 3.05) is 24.5 Å². The number of carbonyl (C=O) groups is 1. The van der Waals surface area contributed by atoms with E-state index in [1.54, 1.807) is 0 Å². The second-order valence-corrected chi connectivity index (χ2v) is 9.39. The summed E-state index contributed by atoms with van der Waals surface area (Å²) in [5.41, 5.74) is 0.638. The lowest BCUT2D eigenvalue weighted by molar-refractivity contribution is -0.137. The molecule has 3 aromatic rings. The van der Waals surface area contributed by atoms with Crippen LogP contribution in [0.4, 0.5) is 19.1 Å². The van der Waals surface area contributed by atoms with E-state index in [0.717, 1.165) is 43.8 Å². The molecule has 2 aromatic carbocycles. The molecule has 188 valence electrons. The van der Waals surface area contributed by atoms with E-state index in [4.69, 9.17) is 14.7 Å². The third-order valence-corrected chi connectivity index (χ3v) is 6.76. The number of hydrogen-bond donors (Lipinski definition) is 0. The van der Waals surface area contributed by atoms with E-state index in [-0.39, 0.29) is 12.1 Å². The predicted molar refractivity (Wildman–Crippen MR) is 129 cm³/mol. The number of para-hydroxylation sites is 1. The first-order valence-electron chi connectivity index (χ1n) is 12.1. The molecule has 0 saturated carbocycles. The van der Waals surface area contributed by atoms with E-state index in [0.29, 0.717) is 42.0 Å². The van der Waals surface area contributed by atoms with Gasteiger partial charge in [-0.3, -0.25) is 4.79 Å². The van der Waals surface area contributed by atoms with Gasteiger partial charge >= 0.3 is 6.18 Å². The highest BCUT2D eigenvalue weighted by atomic mass is 19.4. The van der Waals surface area contributed by atoms with Crippen LogP contribution in [0.25, 0.3) is 0 Å². The van der Waals surface area contributed by atoms with Crippen molar-refractivity contribution in [1.29, 1.82) is 0 Å². The number of hydrogen-bond acceptors (Lipinski definition) is 5. The Morgan fingerprint density at radius 3 is 2.47 bits per heavy atom. The number of aromatic nitrogens is 2. The summed E-state index contributed by atoms with van der Waals surface area (Å²) < 4.78 is 45.7. The van der Waals surface area contributed by atoms with Crippen LogP contribution in [0.3, 0.4) is 0 Å². The van der Waals surface area contributed by atoms with Crippen molar-refractivity contribution in [3.05, 3.63) is 77.0 Å². The smallest absolute Gasteiger partial charge is 0.416 e. The molecule has 0 radical (unpaired) electrons. The Morgan fingerprint density at radius 2 is 1.75 bits per heavy atom. The van der Waals surface area contributed by atoms with Gasteiger partial charge < -0.3 is 14.5 Å². The Morgan fingerprint density at radius 1 is 1.00 bits per heavy atom. The summed E-state index contributed by atoms with van der Waals surface area (Å²) in [5.74, 6) is 1.80. The maximum absolute atomic E-state index is 13.2. The normalized spacial score (nSPS) is 16.6. The number of nitrogens with zero attached hydrogens (tertiary/aromatic N) is 4. The predicted octanol–water partition coefficient (Wildman–Crippen LogP) is 5.72. The van der Waals surface area contributed by atoms with Crippen LogP contribution in [0.1, 0.15) is 46.9 Å². The third-order valence-electron chi connectivity index (χ3n) is 6.76. The van der Waals surface area contributed by atoms with Gasteiger partial charge in [0, 0.05) is 31.6 Å². The van der Waals surface area contributed by atoms with Crippen LogP contribution >= 0.6 is 0 Å². The number of ether oxygens (including phenoxy) is 1. The molecular formula is C27H27F3N4O2. The van der Waals surface area contributed by atoms with Crippen molar-refractivity contribution in [2.45, 2.75) is 38.9 Å². The van der Waals surface area contributed by atoms with E-state index in [1.807, 2.05) is 30.3 Å². The summed E-state index contributed by atoms with van der Waals surface area (Å²) in [6.45, 7) is 4.48. The topological polar surface area (TPSA) is 58.6 Å². The van der Waals surface area contributed by atoms with Gasteiger partial charge in [0.05, 0.1) is 23.4 Å². The molecule has 0 atom stereocenters. The van der Waals surface area contributed by atoms with Crippen molar-refractivity contribution in [2.24, 2.45) is 5.92 Å². The summed E-state index contributed by atoms with van der Waals surface area (Å²) >= 11 is 0. The van der Waals surface area contributed by atoms with Crippen molar-refractivity contribution >= 4 is 11.9 Å². The van der Waals surface area contributed by atoms with Gasteiger partial charge in [0.15, 0.2) is 0 Å². The number of piperidine rings is 1. The molecule has 1 aromatic heterocycles. The van der Waals surface area contributed by atoms with Crippen LogP contribution in [-0.4, -0.2) is 40.4 Å². The lowest BCUT2D eigenvalue weighted by Crippen LogP contribution is -2.38. The van der Waals surface area contributed by atoms with Gasteiger partial charge in [-0.2, -0.15) is 18.2 Å². The van der Waals surface area contributed by atoms with Crippen LogP contribution in [0, 0.1) is 5.92 Å². The van der Waals surface area contributed by atoms with Crippen molar-refractivity contribution < 1.29 is 22.7 Å². The van der Waals surface area contributed by atoms with E-state index in [2.05, 4.69) is 11.8 Å². The number of amides is 1. The molecule has 2 aliphatic rings. The van der Waals surface area contributed by atoms with Crippen LogP contribution in [0.2, 0.25) is 0 Å². The quantitative estimate of drug-likeness (QED) is 0.462. The van der Waals surface area contributed by atoms with Crippen molar-refractivity contribution in [1.82, 2.24) is 14.9 Å². The first-order chi connectivity index (χ1) is 17.3. The van der Waals surface area contributed by atoms with E-state index < -0.39 is 17.6 Å². The highest BCUT2D eigenvalue weighted by Crippen LogP contribution is 2.34. The Balaban J connectivity index is 1.45. The number of rotatable bonds is 4. The van der Waals surface area contributed by atoms with Gasteiger partial charge in [0.1, 0.15) is 5.75 Å². The van der Waals surface area contributed by atoms with Crippen LogP contribution in [0.15, 0.2) is 54.6 Å². The van der Waals surface area contributed by atoms with Gasteiger partial charge in [0.2, 0.25) is 11.8 Å². The molecule has 0 bridgehead atoms. The minimum atomic E-state index is -4.52. The lowest BCUT2D eigenvalue weighted by atomic mass is 9.99. The zero-order chi connectivity index (χ0) is 25.3. The van der Waals surface area contributed by atoms with E-state index in [1.165, 1.54) is 17.0 Å². The summed E-state index contributed by atoms with van der Waals surface area (Å²) in [7, 11) is 0. The summed E-state index contributed by atoms with van der Waals surface area (Å²) in [4.78, 5) is 26.4. The fraction of sp³-hybridized carbons (Fsp3) is 0.370. The molecule has 0 unspecified atom stereocenters. The fourth-order valence-electron chi connectivity index (χ4n) is 4.59. The average molecular weight is 497 g/mol. The largest absolute Gasteiger partial charge is 0.438 e. The minimum Gasteiger partial charge on any atom is -0.438 e. The molecule has 1 amide bonds. The van der Waals surface area contributed by atoms with Gasteiger partial charge in [0.25, 0.3) is 5.91 Å². The maximum atomic E-state index is 13.2. The highest BCUT2D eigenvalue weighted by molar-refractivity contribution is 5.94. The molecule has 6 nitrogen and oxygen atoms in total. The van der Waals surface area contributed by atoms with Gasteiger partial charge in [-0.25, -0.2) is 4.98 Å². The first kappa shape index (κ1) is 24.1. The summed E-state index contributed by atoms with van der Waals surface area (Å²) in [6.07, 6.45) is -1.92. The molecule has 5 rings (SSSR count). The van der Waals surface area contributed by atoms with Crippen LogP contribution in [-0.2, 0) is 19.1 Å². The Bertz CT molecular complexity index is 1240.